The van der Waals surface area contributed by atoms with Gasteiger partial charge in [-0.15, -0.1) is 0 Å². The lowest BCUT2D eigenvalue weighted by Crippen LogP contribution is -2.33. The zero-order valence-electron chi connectivity index (χ0n) is 16.4. The molecule has 1 atom stereocenters. The number of pyridine rings is 1. The van der Waals surface area contributed by atoms with Crippen molar-refractivity contribution in [1.29, 1.82) is 0 Å². The number of rotatable bonds is 3. The highest BCUT2D eigenvalue weighted by Gasteiger charge is 2.31. The molecule has 30 heavy (non-hydrogen) atoms. The number of halogens is 1. The molecule has 8 heteroatoms. The second-order valence-electron chi connectivity index (χ2n) is 7.45. The number of nitrogens with zero attached hydrogens (tertiary/aromatic N) is 4. The Labute approximate surface area is 178 Å². The summed E-state index contributed by atoms with van der Waals surface area (Å²) in [7, 11) is 0. The predicted molar refractivity (Wildman–Crippen MR) is 116 cm³/mol. The summed E-state index contributed by atoms with van der Waals surface area (Å²) in [5.41, 5.74) is 4.19. The fourth-order valence-corrected chi connectivity index (χ4v) is 4.06. The molecule has 1 aliphatic heterocycles. The van der Waals surface area contributed by atoms with Crippen molar-refractivity contribution in [3.05, 3.63) is 65.7 Å². The smallest absolute Gasteiger partial charge is 0.321 e. The number of carbonyl (C=O) groups excluding carboxylic acids is 1. The summed E-state index contributed by atoms with van der Waals surface area (Å²) >= 11 is 6.18. The molecule has 0 radical (unpaired) electrons. The fraction of sp³-hybridized carbons (Fsp3) is 0.227. The summed E-state index contributed by atoms with van der Waals surface area (Å²) in [6, 6.07) is 11.2. The summed E-state index contributed by atoms with van der Waals surface area (Å²) < 4.78 is 7.39. The molecule has 152 valence electrons. The number of fused-ring (bicyclic) bond motifs is 1. The van der Waals surface area contributed by atoms with Crippen LogP contribution in [0.4, 0.5) is 10.5 Å². The molecule has 4 heterocycles. The molecule has 1 fully saturated rings. The van der Waals surface area contributed by atoms with Gasteiger partial charge in [0.1, 0.15) is 17.6 Å². The molecular weight excluding hydrogens is 402 g/mol. The van der Waals surface area contributed by atoms with E-state index in [9.17, 15) is 4.79 Å². The van der Waals surface area contributed by atoms with Gasteiger partial charge in [0, 0.05) is 30.0 Å². The Hall–Kier alpha value is -3.32. The maximum absolute atomic E-state index is 12.8. The number of amides is 2. The molecule has 3 aromatic heterocycles. The van der Waals surface area contributed by atoms with Crippen LogP contribution in [0.15, 0.2) is 59.5 Å². The summed E-state index contributed by atoms with van der Waals surface area (Å²) in [5.74, 6) is 0.801. The van der Waals surface area contributed by atoms with Crippen LogP contribution >= 0.6 is 11.6 Å². The van der Waals surface area contributed by atoms with Crippen LogP contribution in [0.5, 0.6) is 0 Å². The summed E-state index contributed by atoms with van der Waals surface area (Å²) in [4.78, 5) is 23.9. The number of carbonyl (C=O) groups is 1. The lowest BCUT2D eigenvalue weighted by Gasteiger charge is -2.19. The van der Waals surface area contributed by atoms with Gasteiger partial charge in [-0.2, -0.15) is 0 Å². The Morgan fingerprint density at radius 2 is 2.20 bits per heavy atom. The number of hydrogen-bond donors (Lipinski definition) is 1. The molecule has 0 spiro atoms. The summed E-state index contributed by atoms with van der Waals surface area (Å²) in [6.45, 7) is 3.14. The highest BCUT2D eigenvalue weighted by atomic mass is 35.5. The molecule has 4 aromatic rings. The van der Waals surface area contributed by atoms with Crippen molar-refractivity contribution < 1.29 is 9.21 Å². The van der Waals surface area contributed by atoms with Gasteiger partial charge >= 0.3 is 6.03 Å². The molecule has 5 rings (SSSR count). The third-order valence-electron chi connectivity index (χ3n) is 5.47. The topological polar surface area (TPSA) is 76.2 Å². The zero-order valence-corrected chi connectivity index (χ0v) is 17.1. The maximum atomic E-state index is 12.8. The van der Waals surface area contributed by atoms with Gasteiger partial charge in [0.15, 0.2) is 5.65 Å². The van der Waals surface area contributed by atoms with Gasteiger partial charge in [0.25, 0.3) is 0 Å². The highest BCUT2D eigenvalue weighted by molar-refractivity contribution is 6.31. The van der Waals surface area contributed by atoms with Gasteiger partial charge in [-0.25, -0.2) is 14.8 Å². The second kappa shape index (κ2) is 7.50. The lowest BCUT2D eigenvalue weighted by atomic mass is 10.2. The van der Waals surface area contributed by atoms with Gasteiger partial charge in [0.2, 0.25) is 0 Å². The monoisotopic (exact) mass is 421 g/mol. The van der Waals surface area contributed by atoms with Crippen molar-refractivity contribution in [1.82, 2.24) is 19.4 Å². The van der Waals surface area contributed by atoms with Crippen molar-refractivity contribution in [2.24, 2.45) is 0 Å². The van der Waals surface area contributed by atoms with E-state index >= 15 is 0 Å². The van der Waals surface area contributed by atoms with E-state index in [1.807, 2.05) is 42.2 Å². The molecule has 1 aliphatic rings. The Balaban J connectivity index is 1.40. The number of likely N-dealkylation sites (tertiary alicyclic amines) is 1. The van der Waals surface area contributed by atoms with Crippen molar-refractivity contribution in [2.45, 2.75) is 19.4 Å². The van der Waals surface area contributed by atoms with Crippen molar-refractivity contribution in [3.63, 3.8) is 0 Å². The van der Waals surface area contributed by atoms with Gasteiger partial charge in [-0.3, -0.25) is 0 Å². The number of hydrogen-bond acceptors (Lipinski definition) is 4. The number of anilines is 1. The van der Waals surface area contributed by atoms with Crippen LogP contribution in [0, 0.1) is 6.92 Å². The maximum Gasteiger partial charge on any atom is 0.321 e. The second-order valence-corrected chi connectivity index (χ2v) is 7.85. The minimum Gasteiger partial charge on any atom is -0.472 e. The Bertz CT molecular complexity index is 1220. The number of aryl methyl sites for hydroxylation is 1. The first-order valence-corrected chi connectivity index (χ1v) is 10.2. The quantitative estimate of drug-likeness (QED) is 0.497. The fourth-order valence-electron chi connectivity index (χ4n) is 3.88. The minimum absolute atomic E-state index is 0.0714. The van der Waals surface area contributed by atoms with Crippen LogP contribution in [0.1, 0.15) is 18.0 Å². The first-order chi connectivity index (χ1) is 14.6. The van der Waals surface area contributed by atoms with Crippen LogP contribution in [0.2, 0.25) is 5.02 Å². The molecule has 0 unspecified atom stereocenters. The molecule has 1 N–H and O–H groups in total. The van der Waals surface area contributed by atoms with Crippen LogP contribution in [-0.2, 0) is 0 Å². The average molecular weight is 422 g/mol. The standard InChI is InChI=1S/C22H20ClN5O2/c1-14-4-5-16(11-18(14)23)25-22(29)27-9-6-17(12-27)28-20(15-7-10-30-13-15)26-19-3-2-8-24-21(19)28/h2-5,7-8,10-11,13,17H,6,9,12H2,1H3,(H,25,29)/t17-/m0/s1. The number of benzene rings is 1. The van der Waals surface area contributed by atoms with E-state index in [-0.39, 0.29) is 12.1 Å². The lowest BCUT2D eigenvalue weighted by molar-refractivity contribution is 0.221. The van der Waals surface area contributed by atoms with Crippen LogP contribution in [0.3, 0.4) is 0 Å². The molecular formula is C22H20ClN5O2. The summed E-state index contributed by atoms with van der Waals surface area (Å²) in [6.07, 6.45) is 5.89. The van der Waals surface area contributed by atoms with Crippen molar-refractivity contribution in [2.75, 3.05) is 18.4 Å². The highest BCUT2D eigenvalue weighted by Crippen LogP contribution is 2.32. The van der Waals surface area contributed by atoms with Crippen molar-refractivity contribution >= 4 is 34.5 Å². The third kappa shape index (κ3) is 3.31. The van der Waals surface area contributed by atoms with E-state index in [2.05, 4.69) is 14.9 Å². The average Bonchev–Trinajstić information content (AvgIpc) is 3.49. The molecule has 7 nitrogen and oxygen atoms in total. The van der Waals surface area contributed by atoms with Crippen LogP contribution in [0.25, 0.3) is 22.6 Å². The van der Waals surface area contributed by atoms with Crippen LogP contribution < -0.4 is 5.32 Å². The van der Waals surface area contributed by atoms with E-state index in [0.29, 0.717) is 23.8 Å². The summed E-state index contributed by atoms with van der Waals surface area (Å²) in [5, 5.41) is 3.58. The van der Waals surface area contributed by atoms with E-state index < -0.39 is 0 Å². The van der Waals surface area contributed by atoms with E-state index in [0.717, 1.165) is 34.5 Å². The first kappa shape index (κ1) is 18.7. The van der Waals surface area contributed by atoms with E-state index in [1.165, 1.54) is 0 Å². The number of aromatic nitrogens is 3. The van der Waals surface area contributed by atoms with E-state index in [4.69, 9.17) is 21.0 Å². The molecule has 1 saturated heterocycles. The number of imidazole rings is 1. The van der Waals surface area contributed by atoms with Gasteiger partial charge in [-0.1, -0.05) is 17.7 Å². The van der Waals surface area contributed by atoms with Crippen molar-refractivity contribution in [3.8, 4) is 11.4 Å². The number of urea groups is 1. The molecule has 2 amide bonds. The Morgan fingerprint density at radius 1 is 1.30 bits per heavy atom. The first-order valence-electron chi connectivity index (χ1n) is 9.78. The SMILES string of the molecule is Cc1ccc(NC(=O)N2CC[C@H](n3c(-c4ccoc4)nc4cccnc43)C2)cc1Cl. The third-order valence-corrected chi connectivity index (χ3v) is 5.87. The molecule has 0 saturated carbocycles. The van der Waals surface area contributed by atoms with Gasteiger partial charge in [-0.05, 0) is 49.2 Å². The van der Waals surface area contributed by atoms with E-state index in [1.54, 1.807) is 24.8 Å². The normalized spacial score (nSPS) is 16.3. The molecule has 0 aliphatic carbocycles. The largest absolute Gasteiger partial charge is 0.472 e. The Morgan fingerprint density at radius 3 is 3.00 bits per heavy atom. The predicted octanol–water partition coefficient (Wildman–Crippen LogP) is 5.13. The van der Waals surface area contributed by atoms with Gasteiger partial charge in [0.05, 0.1) is 17.9 Å². The Kier molecular flexibility index (Phi) is 4.67. The van der Waals surface area contributed by atoms with Crippen LogP contribution in [-0.4, -0.2) is 38.6 Å². The zero-order chi connectivity index (χ0) is 20.7. The molecule has 1 aromatic carbocycles. The number of furan rings is 1. The number of nitrogens with one attached hydrogen (secondary N) is 1. The molecule has 0 bridgehead atoms. The minimum atomic E-state index is -0.139. The van der Waals surface area contributed by atoms with Gasteiger partial charge < -0.3 is 19.2 Å².